The molecular formula is C26H27N5O2S. The number of furan rings is 1. The van der Waals surface area contributed by atoms with Crippen LogP contribution in [-0.4, -0.2) is 39.5 Å². The van der Waals surface area contributed by atoms with E-state index >= 15 is 0 Å². The van der Waals surface area contributed by atoms with Gasteiger partial charge in [0.1, 0.15) is 5.76 Å². The van der Waals surface area contributed by atoms with Gasteiger partial charge in [0, 0.05) is 13.1 Å². The zero-order valence-corrected chi connectivity index (χ0v) is 19.7. The molecule has 1 saturated heterocycles. The van der Waals surface area contributed by atoms with Crippen LogP contribution in [0.4, 0.5) is 5.95 Å². The Labute approximate surface area is 203 Å². The number of carbonyl (C=O) groups excluding carboxylic acids is 1. The van der Waals surface area contributed by atoms with E-state index < -0.39 is 0 Å². The molecule has 1 fully saturated rings. The lowest BCUT2D eigenvalue weighted by Gasteiger charge is -2.20. The van der Waals surface area contributed by atoms with Gasteiger partial charge >= 0.3 is 0 Å². The maximum atomic E-state index is 13.0. The minimum absolute atomic E-state index is 0.0574. The van der Waals surface area contributed by atoms with Crippen molar-refractivity contribution in [1.29, 1.82) is 0 Å². The molecule has 8 heteroatoms. The second kappa shape index (κ2) is 10.6. The molecule has 7 nitrogen and oxygen atoms in total. The Hall–Kier alpha value is -3.52. The maximum absolute atomic E-state index is 13.0. The van der Waals surface area contributed by atoms with E-state index in [4.69, 9.17) is 4.42 Å². The molecule has 0 unspecified atom stereocenters. The summed E-state index contributed by atoms with van der Waals surface area (Å²) in [4.78, 5) is 15.3. The third-order valence-corrected chi connectivity index (χ3v) is 6.85. The largest absolute Gasteiger partial charge is 0.467 e. The third kappa shape index (κ3) is 5.17. The molecule has 2 aromatic carbocycles. The summed E-state index contributed by atoms with van der Waals surface area (Å²) in [5, 5.41) is 12.8. The molecule has 2 aromatic heterocycles. The average Bonchev–Trinajstić information content (AvgIpc) is 3.65. The Balaban J connectivity index is 1.31. The van der Waals surface area contributed by atoms with Gasteiger partial charge in [-0.25, -0.2) is 0 Å². The lowest BCUT2D eigenvalue weighted by atomic mass is 9.99. The Bertz CT molecular complexity index is 1150. The number of nitrogens with one attached hydrogen (secondary N) is 1. The van der Waals surface area contributed by atoms with E-state index in [9.17, 15) is 4.79 Å². The molecule has 0 spiro atoms. The molecule has 0 radical (unpaired) electrons. The first-order valence-electron chi connectivity index (χ1n) is 11.5. The lowest BCUT2D eigenvalue weighted by molar-refractivity contribution is -0.119. The molecule has 1 N–H and O–H groups in total. The molecule has 3 heterocycles. The molecule has 5 rings (SSSR count). The fourth-order valence-electron chi connectivity index (χ4n) is 4.22. The molecule has 174 valence electrons. The predicted octanol–water partition coefficient (Wildman–Crippen LogP) is 4.52. The maximum Gasteiger partial charge on any atom is 0.231 e. The van der Waals surface area contributed by atoms with E-state index in [1.807, 2.05) is 77.4 Å². The number of hydrogen-bond acceptors (Lipinski definition) is 6. The standard InChI is InChI=1S/C26H27N5O2S/c32-23(27-24(20-10-3-1-4-11-20)21-12-5-2-6-13-21)19-34-26-29-28-25(30-15-7-8-16-30)31(26)18-22-14-9-17-33-22/h1-6,9-14,17,24H,7-8,15-16,18-19H2,(H,27,32). The van der Waals surface area contributed by atoms with Crippen molar-refractivity contribution in [3.63, 3.8) is 0 Å². The minimum atomic E-state index is -0.211. The van der Waals surface area contributed by atoms with Gasteiger partial charge in [-0.15, -0.1) is 10.2 Å². The smallest absolute Gasteiger partial charge is 0.231 e. The number of benzene rings is 2. The van der Waals surface area contributed by atoms with Gasteiger partial charge in [0.15, 0.2) is 5.16 Å². The van der Waals surface area contributed by atoms with Crippen LogP contribution >= 0.6 is 11.8 Å². The first kappa shape index (κ1) is 22.3. The fourth-order valence-corrected chi connectivity index (χ4v) is 4.96. The van der Waals surface area contributed by atoms with Gasteiger partial charge in [0.25, 0.3) is 0 Å². The fraction of sp³-hybridized carbons (Fsp3) is 0.269. The quantitative estimate of drug-likeness (QED) is 0.360. The Morgan fingerprint density at radius 1 is 0.941 bits per heavy atom. The number of amides is 1. The van der Waals surface area contributed by atoms with Crippen molar-refractivity contribution in [2.75, 3.05) is 23.7 Å². The highest BCUT2D eigenvalue weighted by Gasteiger charge is 2.23. The predicted molar refractivity (Wildman–Crippen MR) is 133 cm³/mol. The molecule has 0 aliphatic carbocycles. The van der Waals surface area contributed by atoms with Gasteiger partial charge in [-0.3, -0.25) is 9.36 Å². The highest BCUT2D eigenvalue weighted by molar-refractivity contribution is 7.99. The second-order valence-corrected chi connectivity index (χ2v) is 9.20. The van der Waals surface area contributed by atoms with E-state index in [1.165, 1.54) is 11.8 Å². The Morgan fingerprint density at radius 2 is 1.62 bits per heavy atom. The summed E-state index contributed by atoms with van der Waals surface area (Å²) in [6.45, 7) is 2.47. The van der Waals surface area contributed by atoms with E-state index in [0.29, 0.717) is 11.7 Å². The monoisotopic (exact) mass is 473 g/mol. The molecule has 0 bridgehead atoms. The molecular weight excluding hydrogens is 446 g/mol. The molecule has 0 atom stereocenters. The van der Waals surface area contributed by atoms with Crippen molar-refractivity contribution >= 4 is 23.6 Å². The van der Waals surface area contributed by atoms with Crippen molar-refractivity contribution in [3.8, 4) is 0 Å². The summed E-state index contributed by atoms with van der Waals surface area (Å²) >= 11 is 1.40. The Kier molecular flexibility index (Phi) is 6.95. The number of carbonyl (C=O) groups is 1. The van der Waals surface area contributed by atoms with E-state index in [1.54, 1.807) is 6.26 Å². The van der Waals surface area contributed by atoms with Crippen LogP contribution in [0.3, 0.4) is 0 Å². The summed E-state index contributed by atoms with van der Waals surface area (Å²) in [6, 6.07) is 23.7. The summed E-state index contributed by atoms with van der Waals surface area (Å²) in [6.07, 6.45) is 3.97. The molecule has 34 heavy (non-hydrogen) atoms. The van der Waals surface area contributed by atoms with Gasteiger partial charge < -0.3 is 14.6 Å². The summed E-state index contributed by atoms with van der Waals surface area (Å²) in [5.41, 5.74) is 2.09. The zero-order chi connectivity index (χ0) is 23.2. The van der Waals surface area contributed by atoms with E-state index in [0.717, 1.165) is 48.8 Å². The van der Waals surface area contributed by atoms with Gasteiger partial charge in [-0.05, 0) is 36.1 Å². The number of rotatable bonds is 9. The highest BCUT2D eigenvalue weighted by Crippen LogP contribution is 2.27. The SMILES string of the molecule is O=C(CSc1nnc(N2CCCC2)n1Cc1ccco1)NC(c1ccccc1)c1ccccc1. The molecule has 4 aromatic rings. The normalized spacial score (nSPS) is 13.5. The van der Waals surface area contributed by atoms with Crippen molar-refractivity contribution in [1.82, 2.24) is 20.1 Å². The zero-order valence-electron chi connectivity index (χ0n) is 18.8. The highest BCUT2D eigenvalue weighted by atomic mass is 32.2. The number of hydrogen-bond donors (Lipinski definition) is 1. The van der Waals surface area contributed by atoms with Gasteiger partial charge in [0.2, 0.25) is 11.9 Å². The molecule has 1 aliphatic rings. The number of anilines is 1. The van der Waals surface area contributed by atoms with Crippen molar-refractivity contribution in [2.45, 2.75) is 30.6 Å². The lowest BCUT2D eigenvalue weighted by Crippen LogP contribution is -2.30. The van der Waals surface area contributed by atoms with Crippen LogP contribution in [0.1, 0.15) is 35.8 Å². The van der Waals surface area contributed by atoms with Gasteiger partial charge in [0.05, 0.1) is 24.6 Å². The topological polar surface area (TPSA) is 76.2 Å². The Morgan fingerprint density at radius 3 is 2.24 bits per heavy atom. The summed E-state index contributed by atoms with van der Waals surface area (Å²) in [5.74, 6) is 1.85. The molecule has 0 saturated carbocycles. The van der Waals surface area contributed by atoms with Crippen molar-refractivity contribution in [2.24, 2.45) is 0 Å². The molecule has 1 amide bonds. The van der Waals surface area contributed by atoms with Crippen LogP contribution in [0.15, 0.2) is 88.6 Å². The van der Waals surface area contributed by atoms with Crippen LogP contribution < -0.4 is 10.2 Å². The van der Waals surface area contributed by atoms with Crippen LogP contribution in [0.5, 0.6) is 0 Å². The summed E-state index contributed by atoms with van der Waals surface area (Å²) < 4.78 is 7.62. The van der Waals surface area contributed by atoms with E-state index in [-0.39, 0.29) is 17.7 Å². The number of thioether (sulfide) groups is 1. The van der Waals surface area contributed by atoms with Crippen LogP contribution in [0.2, 0.25) is 0 Å². The van der Waals surface area contributed by atoms with Crippen molar-refractivity contribution in [3.05, 3.63) is 95.9 Å². The van der Waals surface area contributed by atoms with Gasteiger partial charge in [-0.2, -0.15) is 0 Å². The van der Waals surface area contributed by atoms with Crippen molar-refractivity contribution < 1.29 is 9.21 Å². The summed E-state index contributed by atoms with van der Waals surface area (Å²) in [7, 11) is 0. The minimum Gasteiger partial charge on any atom is -0.467 e. The van der Waals surface area contributed by atoms with E-state index in [2.05, 4.69) is 20.4 Å². The van der Waals surface area contributed by atoms with Crippen LogP contribution in [-0.2, 0) is 11.3 Å². The third-order valence-electron chi connectivity index (χ3n) is 5.88. The van der Waals surface area contributed by atoms with Crippen LogP contribution in [0, 0.1) is 0 Å². The first-order chi connectivity index (χ1) is 16.8. The second-order valence-electron chi connectivity index (χ2n) is 8.25. The van der Waals surface area contributed by atoms with Gasteiger partial charge in [-0.1, -0.05) is 72.4 Å². The first-order valence-corrected chi connectivity index (χ1v) is 12.5. The van der Waals surface area contributed by atoms with Crippen LogP contribution in [0.25, 0.3) is 0 Å². The molecule has 1 aliphatic heterocycles. The number of aromatic nitrogens is 3. The average molecular weight is 474 g/mol. The number of nitrogens with zero attached hydrogens (tertiary/aromatic N) is 4.